The van der Waals surface area contributed by atoms with Gasteiger partial charge in [0.15, 0.2) is 0 Å². The number of anilines is 3. The third-order valence-electron chi connectivity index (χ3n) is 9.98. The van der Waals surface area contributed by atoms with E-state index in [9.17, 15) is 0 Å². The van der Waals surface area contributed by atoms with Crippen LogP contribution in [0.1, 0.15) is 79.0 Å². The van der Waals surface area contributed by atoms with Crippen LogP contribution < -0.4 is 18.2 Å². The fourth-order valence-corrected chi connectivity index (χ4v) is 9.33. The van der Waals surface area contributed by atoms with E-state index in [1.54, 1.807) is 0 Å². The Balaban J connectivity index is 1.61. The highest BCUT2D eigenvalue weighted by Crippen LogP contribution is 2.46. The summed E-state index contributed by atoms with van der Waals surface area (Å²) in [5.74, 6) is 3.05. The average Bonchev–Trinajstić information content (AvgIpc) is 3.06. The number of rotatable bonds is 9. The van der Waals surface area contributed by atoms with Crippen molar-refractivity contribution in [1.29, 1.82) is 0 Å². The smallest absolute Gasteiger partial charge is 0.274 e. The lowest BCUT2D eigenvalue weighted by Gasteiger charge is -2.29. The topological polar surface area (TPSA) is 30.9 Å². The van der Waals surface area contributed by atoms with Gasteiger partial charge in [-0.1, -0.05) is 98.7 Å². The molecular formula is C48H60NO3Si3. The molecule has 0 aliphatic carbocycles. The molecule has 6 aromatic rings. The van der Waals surface area contributed by atoms with Crippen LogP contribution in [0.5, 0.6) is 17.2 Å². The molecule has 0 amide bonds. The predicted octanol–water partition coefficient (Wildman–Crippen LogP) is 14.4. The number of nitrogens with zero attached hydrogens (tertiary/aromatic N) is 1. The fourth-order valence-electron chi connectivity index (χ4n) is 7.44. The lowest BCUT2D eigenvalue weighted by atomic mass is 9.84. The molecule has 6 rings (SSSR count). The molecule has 0 fully saturated rings. The molecule has 4 nitrogen and oxygen atoms in total. The lowest BCUT2D eigenvalue weighted by molar-refractivity contribution is 0.525. The van der Waals surface area contributed by atoms with Gasteiger partial charge in [-0.15, -0.1) is 0 Å². The van der Waals surface area contributed by atoms with Crippen molar-refractivity contribution in [1.82, 2.24) is 0 Å². The Morgan fingerprint density at radius 2 is 0.618 bits per heavy atom. The number of benzene rings is 6. The van der Waals surface area contributed by atoms with Gasteiger partial charge in [-0.3, -0.25) is 0 Å². The molecule has 0 saturated heterocycles. The summed E-state index contributed by atoms with van der Waals surface area (Å²) in [6.07, 6.45) is 0. The molecule has 7 heteroatoms. The minimum atomic E-state index is -0.986. The number of hydrogen-bond acceptors (Lipinski definition) is 4. The monoisotopic (exact) mass is 782 g/mol. The summed E-state index contributed by atoms with van der Waals surface area (Å²) < 4.78 is 20.0. The summed E-state index contributed by atoms with van der Waals surface area (Å²) in [4.78, 5) is 2.39. The quantitative estimate of drug-likeness (QED) is 0.137. The largest absolute Gasteiger partial charge is 0.542 e. The van der Waals surface area contributed by atoms with Crippen molar-refractivity contribution in [2.24, 2.45) is 0 Å². The second kappa shape index (κ2) is 15.1. The highest BCUT2D eigenvalue weighted by atomic mass is 28.3. The Kier molecular flexibility index (Phi) is 11.2. The van der Waals surface area contributed by atoms with Gasteiger partial charge in [-0.2, -0.15) is 0 Å². The maximum atomic E-state index is 6.66. The minimum absolute atomic E-state index is 0.0403. The van der Waals surface area contributed by atoms with Crippen LogP contribution in [-0.2, 0) is 16.2 Å². The summed E-state index contributed by atoms with van der Waals surface area (Å²) in [6.45, 7) is 33.6. The first kappa shape index (κ1) is 40.6. The molecule has 0 bridgehead atoms. The molecule has 3 radical (unpaired) electrons. The van der Waals surface area contributed by atoms with Gasteiger partial charge in [0.05, 0.1) is 0 Å². The molecular weight excluding hydrogens is 723 g/mol. The molecule has 0 spiro atoms. The van der Waals surface area contributed by atoms with Crippen LogP contribution in [0.25, 0.3) is 32.3 Å². The van der Waals surface area contributed by atoms with Crippen molar-refractivity contribution in [2.75, 3.05) is 4.90 Å². The molecule has 6 aromatic carbocycles. The zero-order valence-electron chi connectivity index (χ0n) is 35.8. The Bertz CT molecular complexity index is 2100. The average molecular weight is 783 g/mol. The van der Waals surface area contributed by atoms with Crippen molar-refractivity contribution >= 4 is 76.5 Å². The van der Waals surface area contributed by atoms with E-state index in [1.807, 2.05) is 0 Å². The van der Waals surface area contributed by atoms with Gasteiger partial charge in [0.2, 0.25) is 0 Å². The first-order valence-electron chi connectivity index (χ1n) is 19.6. The van der Waals surface area contributed by atoms with Crippen LogP contribution in [0.3, 0.4) is 0 Å². The van der Waals surface area contributed by atoms with Crippen molar-refractivity contribution in [3.05, 3.63) is 108 Å². The van der Waals surface area contributed by atoms with Crippen LogP contribution in [0.2, 0.25) is 39.3 Å². The Hall–Kier alpha value is -4.05. The van der Waals surface area contributed by atoms with E-state index < -0.39 is 27.1 Å². The van der Waals surface area contributed by atoms with Gasteiger partial charge in [0, 0.05) is 33.2 Å². The minimum Gasteiger partial charge on any atom is -0.542 e. The van der Waals surface area contributed by atoms with Crippen molar-refractivity contribution in [3.63, 3.8) is 0 Å². The second-order valence-corrected chi connectivity index (χ2v) is 24.7. The molecule has 0 atom stereocenters. The summed E-state index contributed by atoms with van der Waals surface area (Å²) in [5.41, 5.74) is 6.87. The zero-order valence-corrected chi connectivity index (χ0v) is 38.8. The van der Waals surface area contributed by atoms with Gasteiger partial charge in [0.1, 0.15) is 17.2 Å². The Labute approximate surface area is 336 Å². The van der Waals surface area contributed by atoms with Crippen molar-refractivity contribution < 1.29 is 13.3 Å². The lowest BCUT2D eigenvalue weighted by Crippen LogP contribution is -2.19. The third-order valence-corrected chi connectivity index (χ3v) is 11.8. The van der Waals surface area contributed by atoms with E-state index >= 15 is 0 Å². The molecule has 0 N–H and O–H groups in total. The van der Waals surface area contributed by atoms with Crippen LogP contribution in [-0.4, -0.2) is 27.1 Å². The van der Waals surface area contributed by atoms with E-state index in [-0.39, 0.29) is 16.2 Å². The summed E-state index contributed by atoms with van der Waals surface area (Å²) in [7, 11) is -2.96. The first-order valence-corrected chi connectivity index (χ1v) is 26.8. The molecule has 55 heavy (non-hydrogen) atoms. The molecule has 0 aliphatic heterocycles. The Morgan fingerprint density at radius 3 is 0.836 bits per heavy atom. The van der Waals surface area contributed by atoms with Crippen LogP contribution in [0.4, 0.5) is 17.1 Å². The fraction of sp³-hybridized carbons (Fsp3) is 0.375. The third kappa shape index (κ3) is 8.54. The first-order chi connectivity index (χ1) is 25.6. The van der Waals surface area contributed by atoms with E-state index in [0.29, 0.717) is 0 Å². The second-order valence-electron chi connectivity index (χ2n) is 18.7. The number of fused-ring (bicyclic) bond motifs is 3. The summed E-state index contributed by atoms with van der Waals surface area (Å²) >= 11 is 0. The number of hydrogen-bond donors (Lipinski definition) is 0. The molecule has 0 unspecified atom stereocenters. The van der Waals surface area contributed by atoms with Crippen LogP contribution in [0, 0.1) is 0 Å². The molecule has 0 aliphatic rings. The normalized spacial score (nSPS) is 12.8. The van der Waals surface area contributed by atoms with Crippen molar-refractivity contribution in [3.8, 4) is 17.2 Å². The SMILES string of the molecule is C[Si](C)Oc1c(C(C)(C)C)ccc2cc(N(c3ccc4c(O[Si](C)C)c(C(C)(C)C)ccc4c3)c3ccc4c(O[Si](C)C)c(C(C)(C)C)ccc4c3)ccc12. The maximum Gasteiger partial charge on any atom is 0.274 e. The maximum absolute atomic E-state index is 6.66. The van der Waals surface area contributed by atoms with Gasteiger partial charge in [-0.05, 0) is 143 Å². The summed E-state index contributed by atoms with van der Waals surface area (Å²) in [6, 6.07) is 34.1. The highest BCUT2D eigenvalue weighted by Gasteiger charge is 2.26. The van der Waals surface area contributed by atoms with E-state index in [4.69, 9.17) is 13.3 Å². The Morgan fingerprint density at radius 1 is 0.364 bits per heavy atom. The predicted molar refractivity (Wildman–Crippen MR) is 244 cm³/mol. The summed E-state index contributed by atoms with van der Waals surface area (Å²) in [5, 5.41) is 6.94. The van der Waals surface area contributed by atoms with E-state index in [1.165, 1.54) is 16.7 Å². The van der Waals surface area contributed by atoms with Crippen molar-refractivity contribution in [2.45, 2.75) is 118 Å². The van der Waals surface area contributed by atoms with E-state index in [2.05, 4.69) is 197 Å². The van der Waals surface area contributed by atoms with Gasteiger partial charge in [-0.25, -0.2) is 0 Å². The van der Waals surface area contributed by atoms with Gasteiger partial charge in [0.25, 0.3) is 27.1 Å². The molecule has 287 valence electrons. The van der Waals surface area contributed by atoms with Crippen LogP contribution >= 0.6 is 0 Å². The van der Waals surface area contributed by atoms with Gasteiger partial charge >= 0.3 is 0 Å². The molecule has 0 saturated carbocycles. The van der Waals surface area contributed by atoms with Gasteiger partial charge < -0.3 is 18.2 Å². The molecule has 0 heterocycles. The standard InChI is InChI=1S/C48H60NO3Si3/c1-46(2,3)40-25-16-31-28-34(19-22-37(31)43(40)50-53(10)11)49(35-20-23-38-32(29-35)17-26-41(47(4,5)6)44(38)51-54(12)13)36-21-24-39-33(30-36)18-27-42(48(7,8)9)45(39)52-55(14)15/h16-30H,1-15H3. The van der Waals surface area contributed by atoms with E-state index in [0.717, 1.165) is 66.6 Å². The molecule has 0 aromatic heterocycles. The zero-order chi connectivity index (χ0) is 40.2. The van der Waals surface area contributed by atoms with Crippen LogP contribution in [0.15, 0.2) is 91.0 Å². The highest BCUT2D eigenvalue weighted by molar-refractivity contribution is 6.50.